The van der Waals surface area contributed by atoms with Gasteiger partial charge in [-0.2, -0.15) is 0 Å². The second-order valence-electron chi connectivity index (χ2n) is 5.33. The van der Waals surface area contributed by atoms with E-state index >= 15 is 0 Å². The number of fused-ring (bicyclic) bond motifs is 2. The molecule has 23 heavy (non-hydrogen) atoms. The first kappa shape index (κ1) is 13.6. The molecule has 0 spiro atoms. The normalized spacial score (nSPS) is 11.2. The number of nitrogens with zero attached hydrogens (tertiary/aromatic N) is 3. The van der Waals surface area contributed by atoms with Gasteiger partial charge in [-0.15, -0.1) is 0 Å². The van der Waals surface area contributed by atoms with E-state index in [2.05, 4.69) is 9.97 Å². The molecular weight excluding hydrogens is 293 g/mol. The second kappa shape index (κ2) is 5.28. The lowest BCUT2D eigenvalue weighted by molar-refractivity contribution is 0.629. The number of benzene rings is 2. The Bertz CT molecular complexity index is 1080. The van der Waals surface area contributed by atoms with Crippen molar-refractivity contribution in [3.05, 3.63) is 82.8 Å². The van der Waals surface area contributed by atoms with Gasteiger partial charge in [0.25, 0.3) is 5.56 Å². The fraction of sp³-hybridized carbons (Fsp3) is 0.0556. The van der Waals surface area contributed by atoms with Crippen LogP contribution in [-0.2, 0) is 6.54 Å². The van der Waals surface area contributed by atoms with Crippen LogP contribution in [0.15, 0.2) is 65.8 Å². The molecule has 2 heterocycles. The number of rotatable bonds is 2. The van der Waals surface area contributed by atoms with Crippen molar-refractivity contribution in [3.63, 3.8) is 0 Å². The van der Waals surface area contributed by atoms with Crippen molar-refractivity contribution in [2.45, 2.75) is 6.54 Å². The Morgan fingerprint density at radius 2 is 1.91 bits per heavy atom. The molecule has 0 aliphatic carbocycles. The number of hydrogen-bond donors (Lipinski definition) is 0. The van der Waals surface area contributed by atoms with Crippen LogP contribution in [0.5, 0.6) is 0 Å². The minimum atomic E-state index is -0.402. The second-order valence-corrected chi connectivity index (χ2v) is 5.33. The summed E-state index contributed by atoms with van der Waals surface area (Å²) in [5.41, 5.74) is 1.97. The minimum absolute atomic E-state index is 0.192. The van der Waals surface area contributed by atoms with Crippen molar-refractivity contribution >= 4 is 21.8 Å². The van der Waals surface area contributed by atoms with Gasteiger partial charge in [-0.1, -0.05) is 24.3 Å². The zero-order chi connectivity index (χ0) is 15.8. The molecule has 0 unspecified atom stereocenters. The Hall–Kier alpha value is -3.08. The van der Waals surface area contributed by atoms with Crippen LogP contribution in [0.1, 0.15) is 5.56 Å². The SMILES string of the molecule is O=c1c2ccc(F)cc2ncn1Cc1cccc2cccnc12. The predicted octanol–water partition coefficient (Wildman–Crippen LogP) is 3.13. The Balaban J connectivity index is 1.85. The van der Waals surface area contributed by atoms with Crippen molar-refractivity contribution in [1.29, 1.82) is 0 Å². The maximum absolute atomic E-state index is 13.2. The summed E-state index contributed by atoms with van der Waals surface area (Å²) in [7, 11) is 0. The monoisotopic (exact) mass is 305 g/mol. The van der Waals surface area contributed by atoms with Crippen molar-refractivity contribution < 1.29 is 4.39 Å². The molecule has 0 amide bonds. The average Bonchev–Trinajstić information content (AvgIpc) is 2.57. The number of pyridine rings is 1. The van der Waals surface area contributed by atoms with Gasteiger partial charge >= 0.3 is 0 Å². The number of halogens is 1. The first-order chi connectivity index (χ1) is 11.2. The van der Waals surface area contributed by atoms with E-state index in [9.17, 15) is 9.18 Å². The first-order valence-corrected chi connectivity index (χ1v) is 7.20. The van der Waals surface area contributed by atoms with Gasteiger partial charge in [0.1, 0.15) is 5.82 Å². The standard InChI is InChI=1S/C18H12FN3O/c19-14-6-7-15-16(9-14)21-11-22(18(15)23)10-13-4-1-3-12-5-2-8-20-17(12)13/h1-9,11H,10H2. The maximum atomic E-state index is 13.2. The molecule has 0 saturated carbocycles. The topological polar surface area (TPSA) is 47.8 Å². The molecule has 0 atom stereocenters. The molecule has 0 fully saturated rings. The van der Waals surface area contributed by atoms with E-state index in [1.54, 1.807) is 6.20 Å². The lowest BCUT2D eigenvalue weighted by atomic mass is 10.1. The average molecular weight is 305 g/mol. The van der Waals surface area contributed by atoms with E-state index in [0.29, 0.717) is 17.4 Å². The van der Waals surface area contributed by atoms with Crippen LogP contribution >= 0.6 is 0 Å². The molecule has 4 nitrogen and oxygen atoms in total. The Morgan fingerprint density at radius 3 is 2.83 bits per heavy atom. The summed E-state index contributed by atoms with van der Waals surface area (Å²) in [4.78, 5) is 21.1. The fourth-order valence-electron chi connectivity index (χ4n) is 2.72. The highest BCUT2D eigenvalue weighted by molar-refractivity contribution is 5.81. The van der Waals surface area contributed by atoms with Gasteiger partial charge in [-0.3, -0.25) is 14.3 Å². The molecule has 112 valence electrons. The van der Waals surface area contributed by atoms with E-state index in [-0.39, 0.29) is 5.56 Å². The largest absolute Gasteiger partial charge is 0.294 e. The number of para-hydroxylation sites is 1. The van der Waals surface area contributed by atoms with Gasteiger partial charge in [-0.05, 0) is 23.8 Å². The first-order valence-electron chi connectivity index (χ1n) is 7.20. The Morgan fingerprint density at radius 1 is 1.04 bits per heavy atom. The van der Waals surface area contributed by atoms with Crippen molar-refractivity contribution in [3.8, 4) is 0 Å². The highest BCUT2D eigenvalue weighted by Crippen LogP contribution is 2.17. The van der Waals surface area contributed by atoms with Crippen LogP contribution in [0, 0.1) is 5.82 Å². The maximum Gasteiger partial charge on any atom is 0.261 e. The molecule has 0 saturated heterocycles. The van der Waals surface area contributed by atoms with Crippen LogP contribution in [0.3, 0.4) is 0 Å². The summed E-state index contributed by atoms with van der Waals surface area (Å²) in [6.45, 7) is 0.369. The molecule has 4 rings (SSSR count). The smallest absolute Gasteiger partial charge is 0.261 e. The molecule has 0 aliphatic heterocycles. The highest BCUT2D eigenvalue weighted by Gasteiger charge is 2.08. The Labute approximate surface area is 130 Å². The molecule has 5 heteroatoms. The zero-order valence-corrected chi connectivity index (χ0v) is 12.1. The van der Waals surface area contributed by atoms with Crippen LogP contribution < -0.4 is 5.56 Å². The van der Waals surface area contributed by atoms with Crippen molar-refractivity contribution in [2.75, 3.05) is 0 Å². The van der Waals surface area contributed by atoms with Gasteiger partial charge in [0.2, 0.25) is 0 Å². The summed E-state index contributed by atoms with van der Waals surface area (Å²) in [5.74, 6) is -0.402. The van der Waals surface area contributed by atoms with E-state index in [1.807, 2.05) is 30.3 Å². The lowest BCUT2D eigenvalue weighted by Crippen LogP contribution is -2.21. The fourth-order valence-corrected chi connectivity index (χ4v) is 2.72. The molecule has 0 N–H and O–H groups in total. The van der Waals surface area contributed by atoms with Crippen LogP contribution in [0.2, 0.25) is 0 Å². The zero-order valence-electron chi connectivity index (χ0n) is 12.1. The van der Waals surface area contributed by atoms with Gasteiger partial charge < -0.3 is 0 Å². The van der Waals surface area contributed by atoms with Gasteiger partial charge in [0, 0.05) is 17.6 Å². The minimum Gasteiger partial charge on any atom is -0.294 e. The molecular formula is C18H12FN3O. The summed E-state index contributed by atoms with van der Waals surface area (Å²) < 4.78 is 14.8. The van der Waals surface area contributed by atoms with E-state index in [4.69, 9.17) is 0 Å². The number of aromatic nitrogens is 3. The van der Waals surface area contributed by atoms with Gasteiger partial charge in [-0.25, -0.2) is 9.37 Å². The van der Waals surface area contributed by atoms with Crippen molar-refractivity contribution in [1.82, 2.24) is 14.5 Å². The van der Waals surface area contributed by atoms with E-state index in [0.717, 1.165) is 16.5 Å². The molecule has 0 aliphatic rings. The predicted molar refractivity (Wildman–Crippen MR) is 86.8 cm³/mol. The van der Waals surface area contributed by atoms with Crippen LogP contribution in [-0.4, -0.2) is 14.5 Å². The van der Waals surface area contributed by atoms with E-state index < -0.39 is 5.82 Å². The summed E-state index contributed by atoms with van der Waals surface area (Å²) in [6.07, 6.45) is 3.18. The van der Waals surface area contributed by atoms with Gasteiger partial charge in [0.05, 0.1) is 29.3 Å². The number of hydrogen-bond acceptors (Lipinski definition) is 3. The highest BCUT2D eigenvalue weighted by atomic mass is 19.1. The van der Waals surface area contributed by atoms with Crippen LogP contribution in [0.4, 0.5) is 4.39 Å². The summed E-state index contributed by atoms with van der Waals surface area (Å²) >= 11 is 0. The molecule has 0 bridgehead atoms. The molecule has 4 aromatic rings. The van der Waals surface area contributed by atoms with Crippen molar-refractivity contribution in [2.24, 2.45) is 0 Å². The molecule has 2 aromatic heterocycles. The summed E-state index contributed by atoms with van der Waals surface area (Å²) in [6, 6.07) is 13.7. The van der Waals surface area contributed by atoms with Crippen LogP contribution in [0.25, 0.3) is 21.8 Å². The Kier molecular flexibility index (Phi) is 3.12. The molecule has 2 aromatic carbocycles. The third-order valence-corrected chi connectivity index (χ3v) is 3.84. The third kappa shape index (κ3) is 2.36. The van der Waals surface area contributed by atoms with Gasteiger partial charge in [0.15, 0.2) is 0 Å². The third-order valence-electron chi connectivity index (χ3n) is 3.84. The molecule has 0 radical (unpaired) electrons. The lowest BCUT2D eigenvalue weighted by Gasteiger charge is -2.09. The summed E-state index contributed by atoms with van der Waals surface area (Å²) in [5, 5.41) is 1.43. The quantitative estimate of drug-likeness (QED) is 0.571. The van der Waals surface area contributed by atoms with E-state index in [1.165, 1.54) is 29.1 Å².